The maximum absolute atomic E-state index is 12.7. The Morgan fingerprint density at radius 3 is 2.29 bits per heavy atom. The van der Waals surface area contributed by atoms with Crippen LogP contribution in [0.2, 0.25) is 0 Å². The van der Waals surface area contributed by atoms with Gasteiger partial charge in [-0.05, 0) is 19.9 Å². The molecule has 0 saturated carbocycles. The first-order valence-electron chi connectivity index (χ1n) is 5.01. The van der Waals surface area contributed by atoms with Crippen LogP contribution in [0.1, 0.15) is 25.0 Å². The molecule has 92 valence electrons. The van der Waals surface area contributed by atoms with Gasteiger partial charge in [0, 0.05) is 10.9 Å². The summed E-state index contributed by atoms with van der Waals surface area (Å²) in [5, 5.41) is 10.1. The van der Waals surface area contributed by atoms with Crippen LogP contribution >= 0.6 is 0 Å². The van der Waals surface area contributed by atoms with E-state index in [9.17, 15) is 18.3 Å². The highest BCUT2D eigenvalue weighted by Crippen LogP contribution is 2.38. The minimum atomic E-state index is -4.46. The van der Waals surface area contributed by atoms with Crippen molar-refractivity contribution in [3.8, 4) is 0 Å². The fraction of sp³-hybridized carbons (Fsp3) is 0.333. The number of fused-ring (bicyclic) bond motifs is 1. The zero-order chi connectivity index (χ0) is 12.8. The van der Waals surface area contributed by atoms with Crippen LogP contribution in [0.15, 0.2) is 28.9 Å². The molecule has 0 bridgehead atoms. The Balaban J connectivity index is 2.74. The summed E-state index contributed by atoms with van der Waals surface area (Å²) in [7, 11) is 0. The van der Waals surface area contributed by atoms with E-state index >= 15 is 0 Å². The third-order valence-corrected chi connectivity index (χ3v) is 2.56. The number of hydrogen-bond acceptors (Lipinski definition) is 2. The van der Waals surface area contributed by atoms with Crippen molar-refractivity contribution in [2.24, 2.45) is 0 Å². The van der Waals surface area contributed by atoms with Crippen LogP contribution < -0.4 is 0 Å². The summed E-state index contributed by atoms with van der Waals surface area (Å²) in [6.07, 6.45) is -3.30. The van der Waals surface area contributed by atoms with Gasteiger partial charge in [-0.3, -0.25) is 0 Å². The monoisotopic (exact) mass is 244 g/mol. The molecule has 0 spiro atoms. The first-order valence-corrected chi connectivity index (χ1v) is 5.01. The third kappa shape index (κ3) is 2.02. The summed E-state index contributed by atoms with van der Waals surface area (Å²) in [5.41, 5.74) is -1.96. The number of hydrogen-bond donors (Lipinski definition) is 1. The molecular formula is C12H11F3O2. The number of alkyl halides is 3. The van der Waals surface area contributed by atoms with Crippen LogP contribution in [0.3, 0.4) is 0 Å². The van der Waals surface area contributed by atoms with Gasteiger partial charge < -0.3 is 9.52 Å². The van der Waals surface area contributed by atoms with Gasteiger partial charge >= 0.3 is 6.18 Å². The second kappa shape index (κ2) is 3.50. The second-order valence-electron chi connectivity index (χ2n) is 4.39. The Morgan fingerprint density at radius 2 is 1.76 bits per heavy atom. The number of furan rings is 1. The highest BCUT2D eigenvalue weighted by Gasteiger charge is 2.35. The van der Waals surface area contributed by atoms with E-state index < -0.39 is 17.3 Å². The van der Waals surface area contributed by atoms with E-state index in [0.29, 0.717) is 5.56 Å². The van der Waals surface area contributed by atoms with E-state index in [1.807, 2.05) is 0 Å². The van der Waals surface area contributed by atoms with Crippen molar-refractivity contribution in [1.82, 2.24) is 0 Å². The molecule has 2 nitrogen and oxygen atoms in total. The smallest absolute Gasteiger partial charge is 0.420 e. The molecular weight excluding hydrogens is 233 g/mol. The molecule has 1 aromatic heterocycles. The van der Waals surface area contributed by atoms with Gasteiger partial charge in [0.25, 0.3) is 0 Å². The maximum Gasteiger partial charge on any atom is 0.420 e. The summed E-state index contributed by atoms with van der Waals surface area (Å²) in [6, 6.07) is 3.76. The minimum absolute atomic E-state index is 0.239. The fourth-order valence-corrected chi connectivity index (χ4v) is 1.75. The molecule has 1 heterocycles. The lowest BCUT2D eigenvalue weighted by Gasteiger charge is -2.15. The largest absolute Gasteiger partial charge is 0.463 e. The van der Waals surface area contributed by atoms with E-state index in [-0.39, 0.29) is 11.0 Å². The molecule has 0 aliphatic heterocycles. The standard InChI is InChI=1S/C12H11F3O2/c1-11(2,16)9-6-17-10-7(9)4-3-5-8(10)12(13,14)15/h3-6,16H,1-2H3. The number of benzene rings is 1. The molecule has 0 aliphatic carbocycles. The molecule has 0 aliphatic rings. The Morgan fingerprint density at radius 1 is 1.12 bits per heavy atom. The van der Waals surface area contributed by atoms with Gasteiger partial charge in [0.2, 0.25) is 0 Å². The lowest BCUT2D eigenvalue weighted by atomic mass is 9.97. The quantitative estimate of drug-likeness (QED) is 0.830. The van der Waals surface area contributed by atoms with Gasteiger partial charge in [0.05, 0.1) is 17.4 Å². The molecule has 0 atom stereocenters. The third-order valence-electron chi connectivity index (χ3n) is 2.56. The average Bonchev–Trinajstić information content (AvgIpc) is 2.57. The summed E-state index contributed by atoms with van der Waals surface area (Å²) in [6.45, 7) is 3.00. The van der Waals surface area contributed by atoms with Gasteiger partial charge in [-0.15, -0.1) is 0 Å². The van der Waals surface area contributed by atoms with Gasteiger partial charge in [-0.2, -0.15) is 13.2 Å². The van der Waals surface area contributed by atoms with Crippen molar-refractivity contribution in [3.63, 3.8) is 0 Å². The van der Waals surface area contributed by atoms with E-state index in [4.69, 9.17) is 4.42 Å². The Hall–Kier alpha value is -1.49. The molecule has 1 N–H and O–H groups in total. The summed E-state index contributed by atoms with van der Waals surface area (Å²) < 4.78 is 43.1. The van der Waals surface area contributed by atoms with Gasteiger partial charge in [-0.1, -0.05) is 12.1 Å². The minimum Gasteiger partial charge on any atom is -0.463 e. The Bertz CT molecular complexity index is 547. The number of rotatable bonds is 1. The van der Waals surface area contributed by atoms with E-state index in [0.717, 1.165) is 6.07 Å². The van der Waals surface area contributed by atoms with Gasteiger partial charge in [0.15, 0.2) is 0 Å². The van der Waals surface area contributed by atoms with Crippen LogP contribution in [0.25, 0.3) is 11.0 Å². The van der Waals surface area contributed by atoms with Crippen LogP contribution in [0.5, 0.6) is 0 Å². The lowest BCUT2D eigenvalue weighted by molar-refractivity contribution is -0.136. The van der Waals surface area contributed by atoms with Crippen LogP contribution in [-0.2, 0) is 11.8 Å². The molecule has 0 radical (unpaired) electrons. The van der Waals surface area contributed by atoms with Crippen molar-refractivity contribution in [2.45, 2.75) is 25.6 Å². The molecule has 5 heteroatoms. The number of para-hydroxylation sites is 1. The van der Waals surface area contributed by atoms with Crippen LogP contribution in [-0.4, -0.2) is 5.11 Å². The first-order chi connectivity index (χ1) is 7.71. The number of halogens is 3. The predicted molar refractivity (Wildman–Crippen MR) is 56.5 cm³/mol. The molecule has 17 heavy (non-hydrogen) atoms. The molecule has 2 aromatic rings. The SMILES string of the molecule is CC(C)(O)c1coc2c(C(F)(F)F)cccc12. The normalized spacial score (nSPS) is 13.3. The first kappa shape index (κ1) is 12.0. The second-order valence-corrected chi connectivity index (χ2v) is 4.39. The summed E-state index contributed by atoms with van der Waals surface area (Å²) in [5.74, 6) is 0. The van der Waals surface area contributed by atoms with Crippen molar-refractivity contribution >= 4 is 11.0 Å². The molecule has 0 saturated heterocycles. The summed E-state index contributed by atoms with van der Waals surface area (Å²) in [4.78, 5) is 0. The highest BCUT2D eigenvalue weighted by atomic mass is 19.4. The molecule has 0 amide bonds. The van der Waals surface area contributed by atoms with Crippen LogP contribution in [0.4, 0.5) is 13.2 Å². The predicted octanol–water partition coefficient (Wildman–Crippen LogP) is 3.68. The molecule has 0 unspecified atom stereocenters. The number of aliphatic hydroxyl groups is 1. The van der Waals surface area contributed by atoms with E-state index in [2.05, 4.69) is 0 Å². The van der Waals surface area contributed by atoms with E-state index in [1.165, 1.54) is 32.2 Å². The zero-order valence-corrected chi connectivity index (χ0v) is 9.30. The molecule has 0 fully saturated rings. The van der Waals surface area contributed by atoms with E-state index in [1.54, 1.807) is 0 Å². The lowest BCUT2D eigenvalue weighted by Crippen LogP contribution is -2.14. The Labute approximate surface area is 95.7 Å². The fourth-order valence-electron chi connectivity index (χ4n) is 1.75. The van der Waals surface area contributed by atoms with Crippen molar-refractivity contribution in [1.29, 1.82) is 0 Å². The van der Waals surface area contributed by atoms with Crippen molar-refractivity contribution in [2.75, 3.05) is 0 Å². The van der Waals surface area contributed by atoms with Crippen molar-refractivity contribution < 1.29 is 22.7 Å². The topological polar surface area (TPSA) is 33.4 Å². The maximum atomic E-state index is 12.7. The average molecular weight is 244 g/mol. The van der Waals surface area contributed by atoms with Crippen molar-refractivity contribution in [3.05, 3.63) is 35.6 Å². The van der Waals surface area contributed by atoms with Crippen LogP contribution in [0, 0.1) is 0 Å². The summed E-state index contributed by atoms with van der Waals surface area (Å²) >= 11 is 0. The zero-order valence-electron chi connectivity index (χ0n) is 9.30. The van der Waals surface area contributed by atoms with Gasteiger partial charge in [-0.25, -0.2) is 0 Å². The van der Waals surface area contributed by atoms with Gasteiger partial charge in [0.1, 0.15) is 5.58 Å². The highest BCUT2D eigenvalue weighted by molar-refractivity contribution is 5.85. The molecule has 1 aromatic carbocycles. The molecule has 2 rings (SSSR count). The Kier molecular flexibility index (Phi) is 2.47.